The van der Waals surface area contributed by atoms with Crippen LogP contribution in [0.2, 0.25) is 0 Å². The molecule has 27 heavy (non-hydrogen) atoms. The molecule has 0 bridgehead atoms. The van der Waals surface area contributed by atoms with Crippen LogP contribution in [-0.2, 0) is 24.9 Å². The minimum atomic E-state index is -0.791. The van der Waals surface area contributed by atoms with Crippen LogP contribution in [0.1, 0.15) is 48.9 Å². The van der Waals surface area contributed by atoms with Crippen molar-refractivity contribution in [3.05, 3.63) is 35.4 Å². The average Bonchev–Trinajstić information content (AvgIpc) is 3.23. The highest BCUT2D eigenvalue weighted by Crippen LogP contribution is 2.23. The third-order valence-electron chi connectivity index (χ3n) is 5.60. The minimum Gasteiger partial charge on any atom is -0.380 e. The molecular formula is C19H28N6O2. The van der Waals surface area contributed by atoms with Crippen molar-refractivity contribution in [2.75, 3.05) is 26.2 Å². The second-order valence-electron chi connectivity index (χ2n) is 7.57. The van der Waals surface area contributed by atoms with Gasteiger partial charge in [0, 0.05) is 46.0 Å². The maximum absolute atomic E-state index is 12.6. The van der Waals surface area contributed by atoms with Crippen LogP contribution in [0.25, 0.3) is 0 Å². The van der Waals surface area contributed by atoms with Crippen LogP contribution >= 0.6 is 0 Å². The van der Waals surface area contributed by atoms with Gasteiger partial charge in [0.2, 0.25) is 5.91 Å². The summed E-state index contributed by atoms with van der Waals surface area (Å²) in [6.07, 6.45) is 5.30. The summed E-state index contributed by atoms with van der Waals surface area (Å²) >= 11 is 0. The van der Waals surface area contributed by atoms with Gasteiger partial charge in [-0.05, 0) is 37.8 Å². The number of hydrogen-bond donors (Lipinski definition) is 1. The number of aliphatic hydroxyl groups excluding tert-OH is 1. The van der Waals surface area contributed by atoms with Crippen molar-refractivity contribution in [2.24, 2.45) is 7.05 Å². The Hall–Kier alpha value is -2.19. The Balaban J connectivity index is 1.45. The number of aromatic nitrogens is 4. The van der Waals surface area contributed by atoms with E-state index in [0.29, 0.717) is 18.8 Å². The van der Waals surface area contributed by atoms with E-state index in [-0.39, 0.29) is 5.91 Å². The number of nitrogens with zero attached hydrogens (tertiary/aromatic N) is 6. The molecule has 4 rings (SSSR count). The van der Waals surface area contributed by atoms with Gasteiger partial charge >= 0.3 is 0 Å². The van der Waals surface area contributed by atoms with Crippen molar-refractivity contribution in [2.45, 2.75) is 44.9 Å². The molecule has 1 N–H and O–H groups in total. The first-order valence-electron chi connectivity index (χ1n) is 9.84. The highest BCUT2D eigenvalue weighted by molar-refractivity contribution is 5.78. The van der Waals surface area contributed by atoms with Crippen LogP contribution in [0, 0.1) is 0 Å². The highest BCUT2D eigenvalue weighted by Gasteiger charge is 2.24. The summed E-state index contributed by atoms with van der Waals surface area (Å²) in [4.78, 5) is 16.8. The molecule has 0 aromatic carbocycles. The van der Waals surface area contributed by atoms with Crippen LogP contribution in [-0.4, -0.2) is 66.6 Å². The first kappa shape index (κ1) is 18.2. The molecule has 2 aromatic heterocycles. The quantitative estimate of drug-likeness (QED) is 0.863. The Labute approximate surface area is 159 Å². The van der Waals surface area contributed by atoms with Gasteiger partial charge in [-0.2, -0.15) is 10.2 Å². The van der Waals surface area contributed by atoms with E-state index in [1.165, 1.54) is 6.42 Å². The lowest BCUT2D eigenvalue weighted by molar-refractivity contribution is -0.133. The Morgan fingerprint density at radius 3 is 2.74 bits per heavy atom. The van der Waals surface area contributed by atoms with Gasteiger partial charge in [-0.1, -0.05) is 0 Å². The molecule has 1 fully saturated rings. The van der Waals surface area contributed by atoms with Gasteiger partial charge in [0.05, 0.1) is 23.6 Å². The Morgan fingerprint density at radius 2 is 2.00 bits per heavy atom. The normalized spacial score (nSPS) is 19.6. The summed E-state index contributed by atoms with van der Waals surface area (Å²) in [5.41, 5.74) is 2.41. The van der Waals surface area contributed by atoms with Crippen molar-refractivity contribution < 1.29 is 9.90 Å². The molecule has 0 saturated carbocycles. The summed E-state index contributed by atoms with van der Waals surface area (Å²) in [6, 6.07) is 3.76. The third kappa shape index (κ3) is 3.91. The van der Waals surface area contributed by atoms with E-state index >= 15 is 0 Å². The summed E-state index contributed by atoms with van der Waals surface area (Å²) in [7, 11) is 1.81. The number of aryl methyl sites for hydroxylation is 2. The van der Waals surface area contributed by atoms with E-state index in [1.54, 1.807) is 16.9 Å². The number of rotatable bonds is 4. The van der Waals surface area contributed by atoms with Crippen LogP contribution in [0.15, 0.2) is 18.3 Å². The van der Waals surface area contributed by atoms with Gasteiger partial charge in [0.25, 0.3) is 0 Å². The number of fused-ring (bicyclic) bond motifs is 1. The van der Waals surface area contributed by atoms with Crippen LogP contribution in [0.4, 0.5) is 0 Å². The largest absolute Gasteiger partial charge is 0.380 e. The first-order valence-corrected chi connectivity index (χ1v) is 9.84. The maximum Gasteiger partial charge on any atom is 0.236 e. The molecule has 8 heteroatoms. The molecule has 146 valence electrons. The molecule has 0 spiro atoms. The highest BCUT2D eigenvalue weighted by atomic mass is 16.3. The second-order valence-corrected chi connectivity index (χ2v) is 7.57. The van der Waals surface area contributed by atoms with Gasteiger partial charge in [-0.15, -0.1) is 0 Å². The molecule has 8 nitrogen and oxygen atoms in total. The average molecular weight is 372 g/mol. The lowest BCUT2D eigenvalue weighted by Gasteiger charge is -2.29. The van der Waals surface area contributed by atoms with Crippen LogP contribution < -0.4 is 0 Å². The van der Waals surface area contributed by atoms with E-state index in [2.05, 4.69) is 15.1 Å². The lowest BCUT2D eigenvalue weighted by atomic mass is 10.1. The topological polar surface area (TPSA) is 79.4 Å². The minimum absolute atomic E-state index is 0.234. The zero-order valence-corrected chi connectivity index (χ0v) is 15.9. The molecule has 1 saturated heterocycles. The Kier molecular flexibility index (Phi) is 5.27. The SMILES string of the molecule is Cn1nccc1[C@H](O)c1cc2n(n1)CCCN(CC(=O)N1CCCCC1)C2. The van der Waals surface area contributed by atoms with E-state index in [0.717, 1.165) is 56.8 Å². The second kappa shape index (κ2) is 7.82. The van der Waals surface area contributed by atoms with Gasteiger partial charge in [-0.3, -0.25) is 19.1 Å². The lowest BCUT2D eigenvalue weighted by Crippen LogP contribution is -2.42. The van der Waals surface area contributed by atoms with Crippen molar-refractivity contribution >= 4 is 5.91 Å². The van der Waals surface area contributed by atoms with Crippen molar-refractivity contribution in [1.29, 1.82) is 0 Å². The molecule has 2 aliphatic heterocycles. The van der Waals surface area contributed by atoms with Crippen LogP contribution in [0.5, 0.6) is 0 Å². The fourth-order valence-corrected chi connectivity index (χ4v) is 4.06. The first-order chi connectivity index (χ1) is 13.1. The molecular weight excluding hydrogens is 344 g/mol. The number of carbonyl (C=O) groups is 1. The molecule has 0 aliphatic carbocycles. The van der Waals surface area contributed by atoms with Crippen molar-refractivity contribution in [3.63, 3.8) is 0 Å². The summed E-state index contributed by atoms with van der Waals surface area (Å²) in [5, 5.41) is 19.4. The molecule has 0 unspecified atom stereocenters. The fourth-order valence-electron chi connectivity index (χ4n) is 4.06. The summed E-state index contributed by atoms with van der Waals surface area (Å²) < 4.78 is 3.64. The Morgan fingerprint density at radius 1 is 1.19 bits per heavy atom. The molecule has 1 atom stereocenters. The number of amides is 1. The fraction of sp³-hybridized carbons (Fsp3) is 0.632. The zero-order chi connectivity index (χ0) is 18.8. The molecule has 4 heterocycles. The number of likely N-dealkylation sites (tertiary alicyclic amines) is 1. The maximum atomic E-state index is 12.6. The number of carbonyl (C=O) groups excluding carboxylic acids is 1. The van der Waals surface area contributed by atoms with Crippen molar-refractivity contribution in [1.82, 2.24) is 29.4 Å². The van der Waals surface area contributed by atoms with Crippen LogP contribution in [0.3, 0.4) is 0 Å². The monoisotopic (exact) mass is 372 g/mol. The van der Waals surface area contributed by atoms with E-state index in [9.17, 15) is 9.90 Å². The predicted octanol–water partition coefficient (Wildman–Crippen LogP) is 0.916. The molecule has 2 aromatic rings. The molecule has 0 radical (unpaired) electrons. The third-order valence-corrected chi connectivity index (χ3v) is 5.60. The smallest absolute Gasteiger partial charge is 0.236 e. The predicted molar refractivity (Wildman–Crippen MR) is 99.8 cm³/mol. The van der Waals surface area contributed by atoms with Gasteiger partial charge in [-0.25, -0.2) is 0 Å². The van der Waals surface area contributed by atoms with E-state index in [1.807, 2.05) is 22.7 Å². The summed E-state index contributed by atoms with van der Waals surface area (Å²) in [5.74, 6) is 0.234. The molecule has 2 aliphatic rings. The van der Waals surface area contributed by atoms with Gasteiger partial charge in [0.15, 0.2) is 0 Å². The summed E-state index contributed by atoms with van der Waals surface area (Å²) in [6.45, 7) is 4.64. The standard InChI is InChI=1S/C19H28N6O2/c1-22-17(6-7-20-22)19(27)16-12-15-13-23(8-5-11-25(15)21-16)14-18(26)24-9-3-2-4-10-24/h6-7,12,19,27H,2-5,8-11,13-14H2,1H3/t19-/m1/s1. The number of aliphatic hydroxyl groups is 1. The van der Waals surface area contributed by atoms with Gasteiger partial charge < -0.3 is 10.0 Å². The van der Waals surface area contributed by atoms with E-state index < -0.39 is 6.10 Å². The van der Waals surface area contributed by atoms with E-state index in [4.69, 9.17) is 0 Å². The number of piperidine rings is 1. The molecule has 1 amide bonds. The zero-order valence-electron chi connectivity index (χ0n) is 15.9. The van der Waals surface area contributed by atoms with Gasteiger partial charge in [0.1, 0.15) is 6.10 Å². The Bertz CT molecular complexity index is 792. The van der Waals surface area contributed by atoms with Crippen molar-refractivity contribution in [3.8, 4) is 0 Å². The number of hydrogen-bond acceptors (Lipinski definition) is 5.